The molecular weight excluding hydrogens is 403 g/mol. The molecule has 12 heteroatoms. The Hall–Kier alpha value is -3.83. The number of nitrogens with one attached hydrogen (secondary N) is 3. The number of aryl methyl sites for hydroxylation is 1. The molecule has 30 heavy (non-hydrogen) atoms. The zero-order valence-corrected chi connectivity index (χ0v) is 15.8. The van der Waals surface area contributed by atoms with Gasteiger partial charge in [0.05, 0.1) is 5.69 Å². The number of urea groups is 1. The van der Waals surface area contributed by atoms with Gasteiger partial charge in [0.1, 0.15) is 11.6 Å². The van der Waals surface area contributed by atoms with Crippen LogP contribution < -0.4 is 20.7 Å². The van der Waals surface area contributed by atoms with Crippen LogP contribution in [0.1, 0.15) is 5.82 Å². The van der Waals surface area contributed by atoms with Crippen LogP contribution in [0.2, 0.25) is 0 Å². The third-order valence-corrected chi connectivity index (χ3v) is 3.64. The zero-order valence-electron chi connectivity index (χ0n) is 15.8. The average Bonchev–Trinajstić information content (AvgIpc) is 3.20. The largest absolute Gasteiger partial charge is 0.573 e. The molecule has 0 aliphatic carbocycles. The second-order valence-electron chi connectivity index (χ2n) is 5.96. The van der Waals surface area contributed by atoms with Crippen molar-refractivity contribution in [3.63, 3.8) is 0 Å². The molecule has 0 aliphatic heterocycles. The van der Waals surface area contributed by atoms with Crippen LogP contribution in [0.25, 0.3) is 5.82 Å². The van der Waals surface area contributed by atoms with Crippen molar-refractivity contribution in [1.29, 1.82) is 0 Å². The molecule has 0 saturated carbocycles. The van der Waals surface area contributed by atoms with E-state index in [0.29, 0.717) is 24.0 Å². The molecule has 0 fully saturated rings. The van der Waals surface area contributed by atoms with Crippen LogP contribution in [0.4, 0.5) is 29.5 Å². The molecule has 2 aromatic heterocycles. The van der Waals surface area contributed by atoms with Crippen molar-refractivity contribution in [3.05, 3.63) is 54.6 Å². The molecule has 158 valence electrons. The van der Waals surface area contributed by atoms with E-state index in [-0.39, 0.29) is 12.2 Å². The van der Waals surface area contributed by atoms with E-state index in [4.69, 9.17) is 0 Å². The second kappa shape index (κ2) is 9.11. The number of nitrogens with zero attached hydrogens (tertiary/aromatic N) is 4. The summed E-state index contributed by atoms with van der Waals surface area (Å²) in [5.74, 6) is 1.17. The maximum absolute atomic E-state index is 12.4. The van der Waals surface area contributed by atoms with E-state index in [9.17, 15) is 18.0 Å². The number of para-hydroxylation sites is 2. The monoisotopic (exact) mass is 421 g/mol. The quantitative estimate of drug-likeness (QED) is 0.506. The summed E-state index contributed by atoms with van der Waals surface area (Å²) in [5, 5.41) is 12.0. The summed E-state index contributed by atoms with van der Waals surface area (Å²) in [7, 11) is 0. The number of halogens is 3. The third-order valence-electron chi connectivity index (χ3n) is 3.64. The van der Waals surface area contributed by atoms with Gasteiger partial charge in [-0.15, -0.1) is 13.2 Å². The molecule has 3 N–H and O–H groups in total. The molecular formula is C18H18F3N7O2. The van der Waals surface area contributed by atoms with Gasteiger partial charge in [0.15, 0.2) is 11.6 Å². The summed E-state index contributed by atoms with van der Waals surface area (Å²) < 4.78 is 42.8. The van der Waals surface area contributed by atoms with Crippen LogP contribution in [0, 0.1) is 6.92 Å². The predicted molar refractivity (Wildman–Crippen MR) is 103 cm³/mol. The molecule has 0 saturated heterocycles. The number of aromatic nitrogens is 4. The molecule has 0 bridgehead atoms. The lowest BCUT2D eigenvalue weighted by molar-refractivity contribution is -0.274. The summed E-state index contributed by atoms with van der Waals surface area (Å²) in [6.07, 6.45) is -1.48. The Kier molecular flexibility index (Phi) is 6.35. The normalized spacial score (nSPS) is 11.1. The molecule has 2 amide bonds. The van der Waals surface area contributed by atoms with Crippen LogP contribution in [-0.4, -0.2) is 45.2 Å². The SMILES string of the molecule is Cc1nc(NCCNC(=O)Nc2ccccc2OC(F)(F)F)cc(-n2cccn2)n1. The van der Waals surface area contributed by atoms with Gasteiger partial charge in [0.25, 0.3) is 0 Å². The lowest BCUT2D eigenvalue weighted by atomic mass is 10.3. The van der Waals surface area contributed by atoms with E-state index < -0.39 is 18.1 Å². The van der Waals surface area contributed by atoms with Gasteiger partial charge in [-0.2, -0.15) is 5.10 Å². The predicted octanol–water partition coefficient (Wildman–Crippen LogP) is 3.10. The Morgan fingerprint density at radius 1 is 1.17 bits per heavy atom. The molecule has 0 unspecified atom stereocenters. The number of hydrogen-bond acceptors (Lipinski definition) is 6. The maximum atomic E-state index is 12.4. The van der Waals surface area contributed by atoms with Gasteiger partial charge in [-0.25, -0.2) is 19.4 Å². The van der Waals surface area contributed by atoms with Crippen molar-refractivity contribution >= 4 is 17.5 Å². The van der Waals surface area contributed by atoms with E-state index in [1.54, 1.807) is 36.1 Å². The molecule has 9 nitrogen and oxygen atoms in total. The summed E-state index contributed by atoms with van der Waals surface area (Å²) >= 11 is 0. The number of ether oxygens (including phenoxy) is 1. The molecule has 0 aliphatic rings. The number of carbonyl (C=O) groups is 1. The topological polar surface area (TPSA) is 106 Å². The molecule has 3 rings (SSSR count). The summed E-state index contributed by atoms with van der Waals surface area (Å²) in [6.45, 7) is 2.25. The smallest absolute Gasteiger partial charge is 0.404 e. The Labute approximate surface area is 169 Å². The van der Waals surface area contributed by atoms with Gasteiger partial charge in [-0.3, -0.25) is 0 Å². The van der Waals surface area contributed by atoms with Gasteiger partial charge < -0.3 is 20.7 Å². The van der Waals surface area contributed by atoms with Crippen molar-refractivity contribution in [2.75, 3.05) is 23.7 Å². The molecule has 0 atom stereocenters. The first-order chi connectivity index (χ1) is 14.3. The summed E-state index contributed by atoms with van der Waals surface area (Å²) in [5.41, 5.74) is -0.101. The number of amides is 2. The minimum atomic E-state index is -4.86. The second-order valence-corrected chi connectivity index (χ2v) is 5.96. The minimum absolute atomic E-state index is 0.101. The minimum Gasteiger partial charge on any atom is -0.404 e. The molecule has 3 aromatic rings. The van der Waals surface area contributed by atoms with Crippen molar-refractivity contribution in [2.45, 2.75) is 13.3 Å². The van der Waals surface area contributed by atoms with Crippen LogP contribution in [0.3, 0.4) is 0 Å². The zero-order chi connectivity index (χ0) is 21.6. The molecule has 0 radical (unpaired) electrons. The van der Waals surface area contributed by atoms with E-state index in [2.05, 4.69) is 35.8 Å². The van der Waals surface area contributed by atoms with E-state index >= 15 is 0 Å². The Morgan fingerprint density at radius 2 is 1.97 bits per heavy atom. The van der Waals surface area contributed by atoms with Crippen molar-refractivity contribution < 1.29 is 22.7 Å². The van der Waals surface area contributed by atoms with Crippen molar-refractivity contribution in [3.8, 4) is 11.6 Å². The third kappa shape index (κ3) is 6.09. The average molecular weight is 421 g/mol. The van der Waals surface area contributed by atoms with E-state index in [0.717, 1.165) is 6.07 Å². The first-order valence-electron chi connectivity index (χ1n) is 8.79. The number of hydrogen-bond donors (Lipinski definition) is 3. The molecule has 2 heterocycles. The standard InChI is InChI=1S/C18H18F3N7O2/c1-12-25-15(11-16(26-12)28-10-4-7-24-28)22-8-9-23-17(29)27-13-5-2-3-6-14(13)30-18(19,20)21/h2-7,10-11H,8-9H2,1H3,(H,22,25,26)(H2,23,27,29). The van der Waals surface area contributed by atoms with E-state index in [1.165, 1.54) is 18.2 Å². The Bertz CT molecular complexity index is 994. The van der Waals surface area contributed by atoms with Gasteiger partial charge >= 0.3 is 12.4 Å². The van der Waals surface area contributed by atoms with Gasteiger partial charge in [0.2, 0.25) is 0 Å². The van der Waals surface area contributed by atoms with Gasteiger partial charge in [0, 0.05) is 31.5 Å². The van der Waals surface area contributed by atoms with Crippen LogP contribution in [-0.2, 0) is 0 Å². The van der Waals surface area contributed by atoms with Gasteiger partial charge in [-0.05, 0) is 25.1 Å². The molecule has 0 spiro atoms. The number of rotatable bonds is 7. The fourth-order valence-corrected chi connectivity index (χ4v) is 2.48. The number of benzene rings is 1. The fourth-order valence-electron chi connectivity index (χ4n) is 2.48. The number of anilines is 2. The van der Waals surface area contributed by atoms with Gasteiger partial charge in [-0.1, -0.05) is 12.1 Å². The first-order valence-corrected chi connectivity index (χ1v) is 8.79. The summed E-state index contributed by atoms with van der Waals surface area (Å²) in [6, 6.07) is 8.06. The number of carbonyl (C=O) groups excluding carboxylic acids is 1. The van der Waals surface area contributed by atoms with Crippen molar-refractivity contribution in [2.24, 2.45) is 0 Å². The van der Waals surface area contributed by atoms with Crippen molar-refractivity contribution in [1.82, 2.24) is 25.1 Å². The Morgan fingerprint density at radius 3 is 2.70 bits per heavy atom. The maximum Gasteiger partial charge on any atom is 0.573 e. The van der Waals surface area contributed by atoms with E-state index in [1.807, 2.05) is 0 Å². The molecule has 1 aromatic carbocycles. The first kappa shape index (κ1) is 20.9. The highest BCUT2D eigenvalue weighted by Crippen LogP contribution is 2.29. The Balaban J connectivity index is 1.50. The highest BCUT2D eigenvalue weighted by atomic mass is 19.4. The van der Waals surface area contributed by atoms with Crippen LogP contribution in [0.5, 0.6) is 5.75 Å². The highest BCUT2D eigenvalue weighted by molar-refractivity contribution is 5.90. The lowest BCUT2D eigenvalue weighted by Crippen LogP contribution is -2.33. The number of alkyl halides is 3. The summed E-state index contributed by atoms with van der Waals surface area (Å²) in [4.78, 5) is 20.5. The fraction of sp³-hybridized carbons (Fsp3) is 0.222. The highest BCUT2D eigenvalue weighted by Gasteiger charge is 2.32. The lowest BCUT2D eigenvalue weighted by Gasteiger charge is -2.14. The van der Waals surface area contributed by atoms with Crippen LogP contribution >= 0.6 is 0 Å². The van der Waals surface area contributed by atoms with Crippen LogP contribution in [0.15, 0.2) is 48.8 Å².